The number of imidazole rings is 1. The van der Waals surface area contributed by atoms with Gasteiger partial charge in [-0.3, -0.25) is 9.79 Å². The van der Waals surface area contributed by atoms with Gasteiger partial charge in [0.1, 0.15) is 5.65 Å². The molecule has 5 rings (SSSR count). The van der Waals surface area contributed by atoms with Crippen LogP contribution in [0.3, 0.4) is 0 Å². The van der Waals surface area contributed by atoms with Gasteiger partial charge in [0.15, 0.2) is 0 Å². The first-order valence-electron chi connectivity index (χ1n) is 10.4. The third-order valence-electron chi connectivity index (χ3n) is 6.10. The smallest absolute Gasteiger partial charge is 0.252 e. The maximum absolute atomic E-state index is 12.9. The SMILES string of the molecule is CCN1CCC(C2=CN3C(=O)C=C(c4ccc5nc(C)cn5c4)PC3C=N2)CC1. The van der Waals surface area contributed by atoms with Crippen LogP contribution in [-0.2, 0) is 4.79 Å². The third-order valence-corrected chi connectivity index (χ3v) is 7.56. The van der Waals surface area contributed by atoms with Crippen LogP contribution >= 0.6 is 8.58 Å². The highest BCUT2D eigenvalue weighted by molar-refractivity contribution is 7.52. The molecule has 0 radical (unpaired) electrons. The van der Waals surface area contributed by atoms with Crippen molar-refractivity contribution in [1.82, 2.24) is 19.2 Å². The van der Waals surface area contributed by atoms with E-state index < -0.39 is 0 Å². The third kappa shape index (κ3) is 3.56. The lowest BCUT2D eigenvalue weighted by Gasteiger charge is -2.36. The van der Waals surface area contributed by atoms with Crippen LogP contribution in [0, 0.1) is 12.8 Å². The van der Waals surface area contributed by atoms with Crippen LogP contribution in [0.2, 0.25) is 0 Å². The lowest BCUT2D eigenvalue weighted by atomic mass is 9.93. The van der Waals surface area contributed by atoms with E-state index >= 15 is 0 Å². The van der Waals surface area contributed by atoms with Gasteiger partial charge in [0.2, 0.25) is 0 Å². The summed E-state index contributed by atoms with van der Waals surface area (Å²) in [6.07, 6.45) is 12.1. The highest BCUT2D eigenvalue weighted by Crippen LogP contribution is 2.44. The van der Waals surface area contributed by atoms with Crippen LogP contribution in [-0.4, -0.2) is 56.7 Å². The van der Waals surface area contributed by atoms with Gasteiger partial charge in [-0.15, -0.1) is 0 Å². The molecule has 150 valence electrons. The summed E-state index contributed by atoms with van der Waals surface area (Å²) in [6, 6.07) is 4.08. The highest BCUT2D eigenvalue weighted by Gasteiger charge is 2.31. The van der Waals surface area contributed by atoms with Gasteiger partial charge in [-0.1, -0.05) is 15.5 Å². The van der Waals surface area contributed by atoms with Crippen molar-refractivity contribution < 1.29 is 4.79 Å². The number of hydrogen-bond acceptors (Lipinski definition) is 4. The van der Waals surface area contributed by atoms with Crippen LogP contribution < -0.4 is 0 Å². The Morgan fingerprint density at radius 2 is 2.03 bits per heavy atom. The minimum atomic E-state index is 0.0298. The second kappa shape index (κ2) is 7.51. The Morgan fingerprint density at radius 1 is 1.21 bits per heavy atom. The Kier molecular flexibility index (Phi) is 4.84. The summed E-state index contributed by atoms with van der Waals surface area (Å²) >= 11 is 0. The maximum atomic E-state index is 12.9. The first-order chi connectivity index (χ1) is 14.1. The summed E-state index contributed by atoms with van der Waals surface area (Å²) < 4.78 is 2.03. The van der Waals surface area contributed by atoms with Crippen molar-refractivity contribution >= 4 is 31.7 Å². The molecule has 1 amide bonds. The molecule has 2 atom stereocenters. The van der Waals surface area contributed by atoms with Crippen LogP contribution in [0.15, 0.2) is 47.5 Å². The second-order valence-corrected chi connectivity index (χ2v) is 9.42. The molecule has 0 bridgehead atoms. The number of likely N-dealkylation sites (tertiary alicyclic amines) is 1. The van der Waals surface area contributed by atoms with E-state index in [2.05, 4.69) is 29.1 Å². The second-order valence-electron chi connectivity index (χ2n) is 8.00. The number of pyridine rings is 1. The fraction of sp³-hybridized carbons (Fsp3) is 0.409. The summed E-state index contributed by atoms with van der Waals surface area (Å²) in [5.74, 6) is 0.547. The number of allylic oxidation sites excluding steroid dienone is 1. The minimum Gasteiger partial charge on any atom is -0.306 e. The van der Waals surface area contributed by atoms with Gasteiger partial charge in [0, 0.05) is 36.8 Å². The van der Waals surface area contributed by atoms with Crippen molar-refractivity contribution in [2.75, 3.05) is 19.6 Å². The molecule has 2 aromatic heterocycles. The number of hydrogen-bond donors (Lipinski definition) is 0. The number of nitrogens with zero attached hydrogens (tertiary/aromatic N) is 5. The molecule has 0 spiro atoms. The number of aromatic nitrogens is 2. The Hall–Kier alpha value is -2.30. The largest absolute Gasteiger partial charge is 0.306 e. The summed E-state index contributed by atoms with van der Waals surface area (Å²) in [5.41, 5.74) is 4.07. The van der Waals surface area contributed by atoms with E-state index in [1.807, 2.05) is 40.9 Å². The molecule has 7 heteroatoms. The zero-order valence-electron chi connectivity index (χ0n) is 16.9. The highest BCUT2D eigenvalue weighted by atomic mass is 31.1. The number of aryl methyl sites for hydroxylation is 1. The van der Waals surface area contributed by atoms with Crippen molar-refractivity contribution in [3.05, 3.63) is 53.8 Å². The summed E-state index contributed by atoms with van der Waals surface area (Å²) in [7, 11) is 0.489. The molecule has 6 nitrogen and oxygen atoms in total. The zero-order valence-corrected chi connectivity index (χ0v) is 17.9. The van der Waals surface area contributed by atoms with E-state index in [0.717, 1.165) is 60.4 Å². The van der Waals surface area contributed by atoms with Crippen LogP contribution in [0.1, 0.15) is 31.0 Å². The van der Waals surface area contributed by atoms with Gasteiger partial charge in [-0.2, -0.15) is 0 Å². The van der Waals surface area contributed by atoms with Gasteiger partial charge >= 0.3 is 0 Å². The molecule has 2 unspecified atom stereocenters. The molecule has 2 aromatic rings. The van der Waals surface area contributed by atoms with Crippen molar-refractivity contribution in [3.8, 4) is 0 Å². The monoisotopic (exact) mass is 407 g/mol. The number of piperidine rings is 1. The van der Waals surface area contributed by atoms with E-state index in [4.69, 9.17) is 4.99 Å². The fourth-order valence-electron chi connectivity index (χ4n) is 4.39. The van der Waals surface area contributed by atoms with E-state index in [-0.39, 0.29) is 11.7 Å². The summed E-state index contributed by atoms with van der Waals surface area (Å²) in [5, 5.41) is 1.09. The molecule has 1 fully saturated rings. The molecule has 1 saturated heterocycles. The molecular formula is C22H26N5OP. The number of carbonyl (C=O) groups excluding carboxylic acids is 1. The van der Waals surface area contributed by atoms with Gasteiger partial charge in [0.25, 0.3) is 5.91 Å². The number of fused-ring (bicyclic) bond motifs is 2. The average molecular weight is 407 g/mol. The van der Waals surface area contributed by atoms with E-state index in [0.29, 0.717) is 14.5 Å². The Morgan fingerprint density at radius 3 is 2.83 bits per heavy atom. The number of rotatable bonds is 3. The Labute approximate surface area is 172 Å². The van der Waals surface area contributed by atoms with Crippen molar-refractivity contribution in [1.29, 1.82) is 0 Å². The minimum absolute atomic E-state index is 0.0298. The normalized spacial score (nSPS) is 24.1. The fourth-order valence-corrected chi connectivity index (χ4v) is 5.72. The van der Waals surface area contributed by atoms with Gasteiger partial charge in [0.05, 0.1) is 17.2 Å². The van der Waals surface area contributed by atoms with Crippen molar-refractivity contribution in [2.24, 2.45) is 10.9 Å². The predicted octanol–water partition coefficient (Wildman–Crippen LogP) is 3.49. The number of aliphatic imine (C=N–C) groups is 1. The first-order valence-corrected chi connectivity index (χ1v) is 11.4. The van der Waals surface area contributed by atoms with Gasteiger partial charge in [-0.05, 0) is 62.4 Å². The zero-order chi connectivity index (χ0) is 20.0. The molecule has 0 aromatic carbocycles. The molecule has 0 saturated carbocycles. The van der Waals surface area contributed by atoms with Gasteiger partial charge in [-0.25, -0.2) is 4.98 Å². The van der Waals surface area contributed by atoms with E-state index in [1.165, 1.54) is 0 Å². The molecular weight excluding hydrogens is 381 g/mol. The molecule has 0 N–H and O–H groups in total. The lowest BCUT2D eigenvalue weighted by Crippen LogP contribution is -2.39. The lowest BCUT2D eigenvalue weighted by molar-refractivity contribution is -0.123. The van der Waals surface area contributed by atoms with E-state index in [1.54, 1.807) is 6.08 Å². The molecule has 29 heavy (non-hydrogen) atoms. The molecule has 3 aliphatic rings. The standard InChI is InChI=1S/C22H26N5OP/c1-3-25-8-6-16(7-9-25)18-14-27-21(28)10-19(29-22(27)11-23-18)17-4-5-20-24-15(2)12-26(20)13-17/h4-5,10-14,16,22,29H,3,6-9H2,1-2H3. The van der Waals surface area contributed by atoms with Gasteiger partial charge < -0.3 is 14.2 Å². The number of carbonyl (C=O) groups is 1. The molecule has 5 heterocycles. The molecule has 0 aliphatic carbocycles. The summed E-state index contributed by atoms with van der Waals surface area (Å²) in [4.78, 5) is 26.6. The Bertz CT molecular complexity index is 1040. The van der Waals surface area contributed by atoms with Crippen molar-refractivity contribution in [3.63, 3.8) is 0 Å². The predicted molar refractivity (Wildman–Crippen MR) is 118 cm³/mol. The maximum Gasteiger partial charge on any atom is 0.252 e. The quantitative estimate of drug-likeness (QED) is 0.732. The van der Waals surface area contributed by atoms with Crippen LogP contribution in [0.4, 0.5) is 0 Å². The number of amides is 1. The first kappa shape index (κ1) is 18.7. The molecule has 3 aliphatic heterocycles. The van der Waals surface area contributed by atoms with Crippen LogP contribution in [0.25, 0.3) is 11.0 Å². The van der Waals surface area contributed by atoms with E-state index in [9.17, 15) is 4.79 Å². The topological polar surface area (TPSA) is 53.2 Å². The summed E-state index contributed by atoms with van der Waals surface area (Å²) in [6.45, 7) is 7.55. The van der Waals surface area contributed by atoms with Crippen molar-refractivity contribution in [2.45, 2.75) is 32.5 Å². The average Bonchev–Trinajstić information content (AvgIpc) is 3.12. The van der Waals surface area contributed by atoms with Crippen LogP contribution in [0.5, 0.6) is 0 Å². The Balaban J connectivity index is 1.37.